The van der Waals surface area contributed by atoms with E-state index in [1.54, 1.807) is 6.20 Å². The van der Waals surface area contributed by atoms with E-state index < -0.39 is 0 Å². The molecule has 3 heteroatoms. The summed E-state index contributed by atoms with van der Waals surface area (Å²) in [6.45, 7) is 4.03. The molecule has 3 nitrogen and oxygen atoms in total. The molecule has 1 rings (SSSR count). The first-order chi connectivity index (χ1) is 7.19. The maximum Gasteiger partial charge on any atom is 0.101 e. The Balaban J connectivity index is 2.86. The van der Waals surface area contributed by atoms with Crippen molar-refractivity contribution in [3.63, 3.8) is 0 Å². The molecule has 0 aliphatic heterocycles. The van der Waals surface area contributed by atoms with Crippen molar-refractivity contribution in [2.24, 2.45) is 5.73 Å². The lowest BCUT2D eigenvalue weighted by Gasteiger charge is -2.11. The number of hydrogen-bond acceptors (Lipinski definition) is 3. The van der Waals surface area contributed by atoms with Crippen molar-refractivity contribution in [2.45, 2.75) is 39.2 Å². The van der Waals surface area contributed by atoms with E-state index >= 15 is 0 Å². The average Bonchev–Trinajstić information content (AvgIpc) is 2.18. The number of hydrogen-bond donors (Lipinski definition) is 1. The molecule has 0 aromatic carbocycles. The summed E-state index contributed by atoms with van der Waals surface area (Å²) < 4.78 is 0. The third-order valence-corrected chi connectivity index (χ3v) is 2.46. The fourth-order valence-electron chi connectivity index (χ4n) is 1.64. The van der Waals surface area contributed by atoms with Crippen molar-refractivity contribution in [1.29, 1.82) is 5.26 Å². The van der Waals surface area contributed by atoms with Crippen LogP contribution in [0, 0.1) is 18.3 Å². The van der Waals surface area contributed by atoms with Crippen LogP contribution in [0.15, 0.2) is 12.3 Å². The van der Waals surface area contributed by atoms with Crippen molar-refractivity contribution in [2.75, 3.05) is 0 Å². The molecule has 1 aromatic rings. The SMILES string of the molecule is CCCC(N)Cc1nccc(C)c1C#N. The van der Waals surface area contributed by atoms with Gasteiger partial charge in [0.2, 0.25) is 0 Å². The molecule has 0 radical (unpaired) electrons. The second kappa shape index (κ2) is 5.47. The summed E-state index contributed by atoms with van der Waals surface area (Å²) in [5, 5.41) is 9.01. The van der Waals surface area contributed by atoms with E-state index in [4.69, 9.17) is 11.0 Å². The highest BCUT2D eigenvalue weighted by Gasteiger charge is 2.10. The Morgan fingerprint density at radius 2 is 2.33 bits per heavy atom. The van der Waals surface area contributed by atoms with E-state index in [2.05, 4.69) is 18.0 Å². The van der Waals surface area contributed by atoms with E-state index in [9.17, 15) is 0 Å². The summed E-state index contributed by atoms with van der Waals surface area (Å²) in [6, 6.07) is 4.16. The van der Waals surface area contributed by atoms with Gasteiger partial charge < -0.3 is 5.73 Å². The predicted octanol–water partition coefficient (Wildman–Crippen LogP) is 1.93. The van der Waals surface area contributed by atoms with Crippen LogP contribution in [0.4, 0.5) is 0 Å². The number of rotatable bonds is 4. The van der Waals surface area contributed by atoms with Crippen LogP contribution in [-0.2, 0) is 6.42 Å². The lowest BCUT2D eigenvalue weighted by molar-refractivity contribution is 0.592. The highest BCUT2D eigenvalue weighted by atomic mass is 14.7. The first kappa shape index (κ1) is 11.7. The van der Waals surface area contributed by atoms with Gasteiger partial charge in [0.1, 0.15) is 6.07 Å². The first-order valence-electron chi connectivity index (χ1n) is 5.29. The monoisotopic (exact) mass is 203 g/mol. The van der Waals surface area contributed by atoms with Crippen LogP contribution in [0.25, 0.3) is 0 Å². The zero-order chi connectivity index (χ0) is 11.3. The average molecular weight is 203 g/mol. The minimum Gasteiger partial charge on any atom is -0.327 e. The van der Waals surface area contributed by atoms with Gasteiger partial charge in [-0.05, 0) is 25.0 Å². The highest BCUT2D eigenvalue weighted by molar-refractivity contribution is 5.40. The quantitative estimate of drug-likeness (QED) is 0.813. The van der Waals surface area contributed by atoms with Crippen molar-refractivity contribution in [3.8, 4) is 6.07 Å². The van der Waals surface area contributed by atoms with Gasteiger partial charge in [-0.25, -0.2) is 0 Å². The van der Waals surface area contributed by atoms with Crippen LogP contribution in [0.5, 0.6) is 0 Å². The van der Waals surface area contributed by atoms with Crippen molar-refractivity contribution in [1.82, 2.24) is 4.98 Å². The Kier molecular flexibility index (Phi) is 4.26. The van der Waals surface area contributed by atoms with Gasteiger partial charge in [0.25, 0.3) is 0 Å². The fraction of sp³-hybridized carbons (Fsp3) is 0.500. The highest BCUT2D eigenvalue weighted by Crippen LogP contribution is 2.12. The van der Waals surface area contributed by atoms with Crippen LogP contribution in [-0.4, -0.2) is 11.0 Å². The number of nitrogens with two attached hydrogens (primary N) is 1. The lowest BCUT2D eigenvalue weighted by Crippen LogP contribution is -2.23. The van der Waals surface area contributed by atoms with E-state index in [1.165, 1.54) is 0 Å². The molecule has 1 atom stereocenters. The van der Waals surface area contributed by atoms with E-state index in [0.29, 0.717) is 12.0 Å². The second-order valence-electron chi connectivity index (χ2n) is 3.81. The number of nitriles is 1. The molecule has 1 aromatic heterocycles. The molecule has 0 amide bonds. The van der Waals surface area contributed by atoms with Crippen molar-refractivity contribution in [3.05, 3.63) is 29.1 Å². The molecule has 0 saturated heterocycles. The molecular formula is C12H17N3. The van der Waals surface area contributed by atoms with Crippen LogP contribution in [0.2, 0.25) is 0 Å². The van der Waals surface area contributed by atoms with Gasteiger partial charge in [0, 0.05) is 18.7 Å². The lowest BCUT2D eigenvalue weighted by atomic mass is 10.0. The van der Waals surface area contributed by atoms with Gasteiger partial charge >= 0.3 is 0 Å². The van der Waals surface area contributed by atoms with E-state index in [0.717, 1.165) is 24.1 Å². The molecule has 0 fully saturated rings. The molecule has 0 saturated carbocycles. The summed E-state index contributed by atoms with van der Waals surface area (Å²) in [5.41, 5.74) is 8.43. The van der Waals surface area contributed by atoms with Crippen molar-refractivity contribution < 1.29 is 0 Å². The molecule has 15 heavy (non-hydrogen) atoms. The molecule has 80 valence electrons. The number of aryl methyl sites for hydroxylation is 1. The van der Waals surface area contributed by atoms with E-state index in [-0.39, 0.29) is 6.04 Å². The third-order valence-electron chi connectivity index (χ3n) is 2.46. The number of pyridine rings is 1. The predicted molar refractivity (Wildman–Crippen MR) is 60.3 cm³/mol. The Morgan fingerprint density at radius 3 is 2.93 bits per heavy atom. The van der Waals surface area contributed by atoms with Gasteiger partial charge in [0.05, 0.1) is 11.3 Å². The van der Waals surface area contributed by atoms with Crippen LogP contribution >= 0.6 is 0 Å². The zero-order valence-electron chi connectivity index (χ0n) is 9.33. The smallest absolute Gasteiger partial charge is 0.101 e. The zero-order valence-corrected chi connectivity index (χ0v) is 9.33. The summed E-state index contributed by atoms with van der Waals surface area (Å²) in [7, 11) is 0. The summed E-state index contributed by atoms with van der Waals surface area (Å²) >= 11 is 0. The maximum atomic E-state index is 9.01. The van der Waals surface area contributed by atoms with Gasteiger partial charge in [-0.2, -0.15) is 5.26 Å². The number of nitrogens with zero attached hydrogens (tertiary/aromatic N) is 2. The molecular weight excluding hydrogens is 186 g/mol. The second-order valence-corrected chi connectivity index (χ2v) is 3.81. The largest absolute Gasteiger partial charge is 0.327 e. The Hall–Kier alpha value is -1.40. The first-order valence-corrected chi connectivity index (χ1v) is 5.29. The van der Waals surface area contributed by atoms with E-state index in [1.807, 2.05) is 13.0 Å². The van der Waals surface area contributed by atoms with Crippen LogP contribution < -0.4 is 5.73 Å². The van der Waals surface area contributed by atoms with Gasteiger partial charge in [0.15, 0.2) is 0 Å². The minimum atomic E-state index is 0.108. The number of aromatic nitrogens is 1. The van der Waals surface area contributed by atoms with Crippen LogP contribution in [0.1, 0.15) is 36.6 Å². The molecule has 0 spiro atoms. The Labute approximate surface area is 90.9 Å². The summed E-state index contributed by atoms with van der Waals surface area (Å²) in [5.74, 6) is 0. The normalized spacial score (nSPS) is 12.1. The summed E-state index contributed by atoms with van der Waals surface area (Å²) in [4.78, 5) is 4.23. The summed E-state index contributed by atoms with van der Waals surface area (Å²) in [6.07, 6.45) is 4.47. The molecule has 0 aliphatic carbocycles. The minimum absolute atomic E-state index is 0.108. The van der Waals surface area contributed by atoms with Gasteiger partial charge in [-0.15, -0.1) is 0 Å². The Bertz CT molecular complexity index is 366. The standard InChI is InChI=1S/C12H17N3/c1-3-4-10(14)7-12-11(8-13)9(2)5-6-15-12/h5-6,10H,3-4,7,14H2,1-2H3. The molecule has 2 N–H and O–H groups in total. The fourth-order valence-corrected chi connectivity index (χ4v) is 1.64. The van der Waals surface area contributed by atoms with Gasteiger partial charge in [-0.3, -0.25) is 4.98 Å². The van der Waals surface area contributed by atoms with Crippen LogP contribution in [0.3, 0.4) is 0 Å². The molecule has 1 heterocycles. The molecule has 0 bridgehead atoms. The third kappa shape index (κ3) is 3.03. The topological polar surface area (TPSA) is 62.7 Å². The van der Waals surface area contributed by atoms with Gasteiger partial charge in [-0.1, -0.05) is 13.3 Å². The molecule has 0 aliphatic rings. The van der Waals surface area contributed by atoms with Crippen molar-refractivity contribution >= 4 is 0 Å². The Morgan fingerprint density at radius 1 is 1.60 bits per heavy atom. The maximum absolute atomic E-state index is 9.01. The molecule has 1 unspecified atom stereocenters.